The normalized spacial score (nSPS) is 20.7. The molecule has 12 heteroatoms. The summed E-state index contributed by atoms with van der Waals surface area (Å²) in [6.07, 6.45) is 2.46. The zero-order chi connectivity index (χ0) is 24.3. The number of fused-ring (bicyclic) bond motifs is 3. The molecule has 2 aromatic heterocycles. The average molecular weight is 521 g/mol. The van der Waals surface area contributed by atoms with Crippen molar-refractivity contribution in [2.24, 2.45) is 0 Å². The number of hydrogen-bond donors (Lipinski definition) is 0. The highest BCUT2D eigenvalue weighted by molar-refractivity contribution is 7.92. The Morgan fingerprint density at radius 2 is 1.80 bits per heavy atom. The predicted octanol–water partition coefficient (Wildman–Crippen LogP) is 3.09. The Morgan fingerprint density at radius 3 is 2.51 bits per heavy atom. The van der Waals surface area contributed by atoms with Gasteiger partial charge in [0.25, 0.3) is 0 Å². The number of anilines is 1. The van der Waals surface area contributed by atoms with Crippen molar-refractivity contribution in [3.63, 3.8) is 0 Å². The van der Waals surface area contributed by atoms with Crippen LogP contribution in [0, 0.1) is 11.6 Å². The van der Waals surface area contributed by atoms with Crippen molar-refractivity contribution in [3.8, 4) is 5.69 Å². The van der Waals surface area contributed by atoms with Crippen LogP contribution in [0.25, 0.3) is 5.69 Å². The monoisotopic (exact) mass is 520 g/mol. The highest BCUT2D eigenvalue weighted by atomic mass is 35.5. The Labute approximate surface area is 206 Å². The molecule has 0 unspecified atom stereocenters. The Hall–Kier alpha value is -2.63. The molecule has 0 amide bonds. The second-order valence-corrected chi connectivity index (χ2v) is 12.0. The minimum absolute atomic E-state index is 0.0557. The highest BCUT2D eigenvalue weighted by Crippen LogP contribution is 2.36. The van der Waals surface area contributed by atoms with Gasteiger partial charge in [-0.2, -0.15) is 0 Å². The topological polar surface area (TPSA) is 84.2 Å². The number of aromatic nitrogens is 4. The summed E-state index contributed by atoms with van der Waals surface area (Å²) in [5.41, 5.74) is 1.94. The van der Waals surface area contributed by atoms with Crippen LogP contribution in [0.2, 0.25) is 5.02 Å². The molecule has 0 N–H and O–H groups in total. The maximum absolute atomic E-state index is 14.2. The van der Waals surface area contributed by atoms with E-state index in [4.69, 9.17) is 11.6 Å². The first-order chi connectivity index (χ1) is 16.8. The van der Waals surface area contributed by atoms with Crippen LogP contribution in [0.3, 0.4) is 0 Å². The first kappa shape index (κ1) is 22.8. The van der Waals surface area contributed by atoms with E-state index in [1.165, 1.54) is 0 Å². The fourth-order valence-corrected chi connectivity index (χ4v) is 7.00. The van der Waals surface area contributed by atoms with E-state index in [-0.39, 0.29) is 29.3 Å². The maximum Gasteiger partial charge on any atom is 0.168 e. The van der Waals surface area contributed by atoms with Crippen molar-refractivity contribution in [3.05, 3.63) is 64.3 Å². The number of nitrogens with zero attached hydrogens (tertiary/aromatic N) is 6. The van der Waals surface area contributed by atoms with Gasteiger partial charge in [-0.15, -0.1) is 10.2 Å². The molecule has 0 aliphatic carbocycles. The van der Waals surface area contributed by atoms with E-state index in [1.807, 2.05) is 23.1 Å². The lowest BCUT2D eigenvalue weighted by Crippen LogP contribution is -2.52. The molecule has 5 heterocycles. The number of piperidine rings is 1. The van der Waals surface area contributed by atoms with Crippen molar-refractivity contribution < 1.29 is 17.2 Å². The predicted molar refractivity (Wildman–Crippen MR) is 126 cm³/mol. The Balaban J connectivity index is 1.29. The minimum atomic E-state index is -2.97. The molecule has 35 heavy (non-hydrogen) atoms. The summed E-state index contributed by atoms with van der Waals surface area (Å²) in [5.74, 6) is 0.791. The van der Waals surface area contributed by atoms with E-state index in [0.29, 0.717) is 44.0 Å². The van der Waals surface area contributed by atoms with Crippen LogP contribution in [0.4, 0.5) is 14.6 Å². The fraction of sp³-hybridized carbons (Fsp3) is 0.435. The summed E-state index contributed by atoms with van der Waals surface area (Å²) in [6, 6.07) is 6.51. The molecule has 2 fully saturated rings. The molecule has 3 aliphatic heterocycles. The quantitative estimate of drug-likeness (QED) is 0.524. The Morgan fingerprint density at radius 1 is 1.03 bits per heavy atom. The second kappa shape index (κ2) is 8.49. The second-order valence-electron chi connectivity index (χ2n) is 9.44. The van der Waals surface area contributed by atoms with Crippen molar-refractivity contribution in [1.29, 1.82) is 0 Å². The minimum Gasteiger partial charge on any atom is -0.354 e. The van der Waals surface area contributed by atoms with Gasteiger partial charge in [0, 0.05) is 42.7 Å². The van der Waals surface area contributed by atoms with Gasteiger partial charge in [-0.25, -0.2) is 22.2 Å². The van der Waals surface area contributed by atoms with Gasteiger partial charge in [0.15, 0.2) is 27.3 Å². The summed E-state index contributed by atoms with van der Waals surface area (Å²) in [7, 11) is -2.97. The van der Waals surface area contributed by atoms with E-state index < -0.39 is 21.5 Å². The van der Waals surface area contributed by atoms with Gasteiger partial charge in [0.2, 0.25) is 0 Å². The smallest absolute Gasteiger partial charge is 0.168 e. The summed E-state index contributed by atoms with van der Waals surface area (Å²) < 4.78 is 53.2. The molecule has 184 valence electrons. The van der Waals surface area contributed by atoms with Gasteiger partial charge in [0.1, 0.15) is 11.6 Å². The molecule has 3 aromatic rings. The molecule has 0 spiro atoms. The third-order valence-electron chi connectivity index (χ3n) is 7.11. The van der Waals surface area contributed by atoms with E-state index in [0.717, 1.165) is 35.2 Å². The van der Waals surface area contributed by atoms with Crippen LogP contribution >= 0.6 is 11.6 Å². The fourth-order valence-electron chi connectivity index (χ4n) is 5.31. The maximum atomic E-state index is 14.2. The van der Waals surface area contributed by atoms with Crippen LogP contribution in [-0.2, 0) is 22.9 Å². The Bertz CT molecular complexity index is 1390. The first-order valence-electron chi connectivity index (χ1n) is 11.5. The third-order valence-corrected chi connectivity index (χ3v) is 9.13. The molecule has 0 radical (unpaired) electrons. The van der Waals surface area contributed by atoms with Crippen LogP contribution in [0.15, 0.2) is 30.5 Å². The number of sulfone groups is 1. The van der Waals surface area contributed by atoms with Crippen molar-refractivity contribution in [2.45, 2.75) is 37.9 Å². The molecule has 3 aliphatic rings. The van der Waals surface area contributed by atoms with Gasteiger partial charge in [0.05, 0.1) is 29.9 Å². The average Bonchev–Trinajstić information content (AvgIpc) is 3.13. The number of rotatable bonds is 3. The molecular weight excluding hydrogens is 498 g/mol. The Kier molecular flexibility index (Phi) is 5.53. The van der Waals surface area contributed by atoms with E-state index in [2.05, 4.69) is 24.6 Å². The summed E-state index contributed by atoms with van der Waals surface area (Å²) in [4.78, 5) is 7.91. The molecule has 8 nitrogen and oxygen atoms in total. The lowest BCUT2D eigenvalue weighted by atomic mass is 9.95. The van der Waals surface area contributed by atoms with Gasteiger partial charge >= 0.3 is 0 Å². The zero-order valence-electron chi connectivity index (χ0n) is 18.7. The van der Waals surface area contributed by atoms with Gasteiger partial charge in [-0.3, -0.25) is 9.47 Å². The third kappa shape index (κ3) is 4.19. The molecule has 1 aromatic carbocycles. The number of halogens is 3. The zero-order valence-corrected chi connectivity index (χ0v) is 20.3. The van der Waals surface area contributed by atoms with Crippen molar-refractivity contribution >= 4 is 27.3 Å². The van der Waals surface area contributed by atoms with Gasteiger partial charge in [-0.05, 0) is 36.6 Å². The standard InChI is InChI=1S/C23H23ClF2N6O2S/c24-16-1-2-20-15(7-16)10-31(18-12-35(33,34)13-18)11-21-28-29-22(32(20)21)14-3-5-30(6-4-14)23-19(26)8-17(25)9-27-23/h1-2,7-9,14,18H,3-6,10-13H2. The number of hydrogen-bond acceptors (Lipinski definition) is 7. The summed E-state index contributed by atoms with van der Waals surface area (Å²) in [5, 5.41) is 9.67. The molecule has 2 saturated heterocycles. The van der Waals surface area contributed by atoms with Crippen LogP contribution in [-0.4, -0.2) is 63.7 Å². The molecule has 6 rings (SSSR count). The SMILES string of the molecule is O=S1(=O)CC(N2Cc3cc(Cl)ccc3-n3c(nnc3C3CCN(c4ncc(F)cc4F)CC3)C2)C1. The number of benzene rings is 1. The summed E-state index contributed by atoms with van der Waals surface area (Å²) in [6.45, 7) is 2.18. The first-order valence-corrected chi connectivity index (χ1v) is 13.7. The molecule has 0 atom stereocenters. The van der Waals surface area contributed by atoms with Gasteiger partial charge < -0.3 is 4.90 Å². The van der Waals surface area contributed by atoms with Crippen LogP contribution < -0.4 is 4.90 Å². The molecule has 0 bridgehead atoms. The molecular formula is C23H23ClF2N6O2S. The van der Waals surface area contributed by atoms with Gasteiger partial charge in [-0.1, -0.05) is 11.6 Å². The van der Waals surface area contributed by atoms with Crippen molar-refractivity contribution in [2.75, 3.05) is 29.5 Å². The lowest BCUT2D eigenvalue weighted by Gasteiger charge is -2.35. The van der Waals surface area contributed by atoms with E-state index in [1.54, 1.807) is 0 Å². The number of pyridine rings is 1. The van der Waals surface area contributed by atoms with Crippen molar-refractivity contribution in [1.82, 2.24) is 24.6 Å². The van der Waals surface area contributed by atoms with E-state index >= 15 is 0 Å². The summed E-state index contributed by atoms with van der Waals surface area (Å²) >= 11 is 6.32. The van der Waals surface area contributed by atoms with Crippen LogP contribution in [0.5, 0.6) is 0 Å². The lowest BCUT2D eigenvalue weighted by molar-refractivity contribution is 0.193. The highest BCUT2D eigenvalue weighted by Gasteiger charge is 2.40. The molecule has 0 saturated carbocycles. The van der Waals surface area contributed by atoms with Crippen LogP contribution in [0.1, 0.15) is 36.0 Å². The largest absolute Gasteiger partial charge is 0.354 e. The van der Waals surface area contributed by atoms with E-state index in [9.17, 15) is 17.2 Å².